The lowest BCUT2D eigenvalue weighted by atomic mass is 9.93. The molecule has 1 aliphatic rings. The minimum atomic E-state index is -4.50. The van der Waals surface area contributed by atoms with E-state index in [0.29, 0.717) is 17.7 Å². The molecule has 3 unspecified atom stereocenters. The van der Waals surface area contributed by atoms with Gasteiger partial charge in [0, 0.05) is 0 Å². The average molecular weight is 294 g/mol. The van der Waals surface area contributed by atoms with Gasteiger partial charge in [0.1, 0.15) is 18.6 Å². The van der Waals surface area contributed by atoms with E-state index >= 15 is 0 Å². The van der Waals surface area contributed by atoms with Gasteiger partial charge in [-0.05, 0) is 12.3 Å². The Labute approximate surface area is 116 Å². The standard InChI is InChI=1S/C13H21F3N2O2/c1-4-6-9-11(19)17-10(8(3)5-2)12(20)18(9)7-13(14,15)16/h8-10H,4-7H2,1-3H3,(H,17,19). The number of amides is 2. The molecule has 3 atom stereocenters. The number of alkyl halides is 3. The number of nitrogens with one attached hydrogen (secondary N) is 1. The van der Waals surface area contributed by atoms with Crippen LogP contribution in [0.1, 0.15) is 40.0 Å². The van der Waals surface area contributed by atoms with Crippen LogP contribution in [0.2, 0.25) is 0 Å². The molecule has 0 bridgehead atoms. The number of piperazine rings is 1. The summed E-state index contributed by atoms with van der Waals surface area (Å²) in [4.78, 5) is 24.9. The van der Waals surface area contributed by atoms with Gasteiger partial charge in [0.15, 0.2) is 0 Å². The largest absolute Gasteiger partial charge is 0.406 e. The van der Waals surface area contributed by atoms with Crippen molar-refractivity contribution in [1.82, 2.24) is 10.2 Å². The Morgan fingerprint density at radius 2 is 1.90 bits per heavy atom. The maximum atomic E-state index is 12.6. The van der Waals surface area contributed by atoms with Crippen LogP contribution in [0.15, 0.2) is 0 Å². The fraction of sp³-hybridized carbons (Fsp3) is 0.846. The van der Waals surface area contributed by atoms with Crippen LogP contribution in [0, 0.1) is 5.92 Å². The van der Waals surface area contributed by atoms with Crippen LogP contribution in [0.5, 0.6) is 0 Å². The summed E-state index contributed by atoms with van der Waals surface area (Å²) in [6.07, 6.45) is -3.12. The molecule has 20 heavy (non-hydrogen) atoms. The number of nitrogens with zero attached hydrogens (tertiary/aromatic N) is 1. The summed E-state index contributed by atoms with van der Waals surface area (Å²) in [5.74, 6) is -1.31. The molecule has 0 aromatic rings. The van der Waals surface area contributed by atoms with Crippen molar-refractivity contribution < 1.29 is 22.8 Å². The van der Waals surface area contributed by atoms with Crippen molar-refractivity contribution in [3.63, 3.8) is 0 Å². The van der Waals surface area contributed by atoms with Crippen LogP contribution in [0.4, 0.5) is 13.2 Å². The quantitative estimate of drug-likeness (QED) is 0.844. The number of hydrogen-bond donors (Lipinski definition) is 1. The maximum absolute atomic E-state index is 12.6. The summed E-state index contributed by atoms with van der Waals surface area (Å²) >= 11 is 0. The molecule has 0 aromatic carbocycles. The molecule has 0 saturated carbocycles. The molecule has 1 fully saturated rings. The lowest BCUT2D eigenvalue weighted by molar-refractivity contribution is -0.175. The van der Waals surface area contributed by atoms with E-state index in [2.05, 4.69) is 5.32 Å². The molecule has 0 radical (unpaired) electrons. The third-order valence-corrected chi connectivity index (χ3v) is 3.65. The monoisotopic (exact) mass is 294 g/mol. The average Bonchev–Trinajstić information content (AvgIpc) is 2.35. The van der Waals surface area contributed by atoms with E-state index in [4.69, 9.17) is 0 Å². The van der Waals surface area contributed by atoms with Crippen molar-refractivity contribution in [1.29, 1.82) is 0 Å². The molecule has 7 heteroatoms. The minimum Gasteiger partial charge on any atom is -0.342 e. The highest BCUT2D eigenvalue weighted by molar-refractivity contribution is 5.97. The molecule has 1 saturated heterocycles. The van der Waals surface area contributed by atoms with E-state index in [1.54, 1.807) is 13.8 Å². The Kier molecular flexibility index (Phi) is 5.42. The molecule has 0 aliphatic carbocycles. The van der Waals surface area contributed by atoms with Crippen molar-refractivity contribution in [2.45, 2.75) is 58.3 Å². The Bertz CT molecular complexity index is 371. The maximum Gasteiger partial charge on any atom is 0.406 e. The molecular formula is C13H21F3N2O2. The summed E-state index contributed by atoms with van der Waals surface area (Å²) < 4.78 is 37.9. The second-order valence-corrected chi connectivity index (χ2v) is 5.26. The van der Waals surface area contributed by atoms with Gasteiger partial charge in [0.25, 0.3) is 0 Å². The first-order valence-electron chi connectivity index (χ1n) is 6.88. The second kappa shape index (κ2) is 6.45. The lowest BCUT2D eigenvalue weighted by Crippen LogP contribution is -2.66. The van der Waals surface area contributed by atoms with E-state index in [0.717, 1.165) is 0 Å². The second-order valence-electron chi connectivity index (χ2n) is 5.26. The zero-order valence-electron chi connectivity index (χ0n) is 12.0. The fourth-order valence-corrected chi connectivity index (χ4v) is 2.35. The number of hydrogen-bond acceptors (Lipinski definition) is 2. The van der Waals surface area contributed by atoms with Crippen molar-refractivity contribution in [3.05, 3.63) is 0 Å². The highest BCUT2D eigenvalue weighted by Crippen LogP contribution is 2.25. The van der Waals surface area contributed by atoms with Crippen molar-refractivity contribution in [3.8, 4) is 0 Å². The van der Waals surface area contributed by atoms with Gasteiger partial charge in [-0.25, -0.2) is 0 Å². The van der Waals surface area contributed by atoms with Crippen molar-refractivity contribution in [2.24, 2.45) is 5.92 Å². The molecule has 0 aromatic heterocycles. The van der Waals surface area contributed by atoms with Gasteiger partial charge in [-0.15, -0.1) is 0 Å². The van der Waals surface area contributed by atoms with E-state index in [1.165, 1.54) is 0 Å². The molecule has 0 spiro atoms. The molecule has 2 amide bonds. The van der Waals surface area contributed by atoms with E-state index in [9.17, 15) is 22.8 Å². The topological polar surface area (TPSA) is 49.4 Å². The Balaban J connectivity index is 3.01. The Morgan fingerprint density at radius 1 is 1.30 bits per heavy atom. The number of carbonyl (C=O) groups is 2. The SMILES string of the molecule is CCCC1C(=O)NC(C(C)CC)C(=O)N1CC(F)(F)F. The lowest BCUT2D eigenvalue weighted by Gasteiger charge is -2.41. The molecule has 116 valence electrons. The highest BCUT2D eigenvalue weighted by atomic mass is 19.4. The predicted molar refractivity (Wildman–Crippen MR) is 67.8 cm³/mol. The summed E-state index contributed by atoms with van der Waals surface area (Å²) in [5, 5.41) is 2.57. The van der Waals surface area contributed by atoms with Gasteiger partial charge in [-0.3, -0.25) is 9.59 Å². The molecule has 1 heterocycles. The molecular weight excluding hydrogens is 273 g/mol. The number of carbonyl (C=O) groups excluding carboxylic acids is 2. The fourth-order valence-electron chi connectivity index (χ4n) is 2.35. The van der Waals surface area contributed by atoms with Gasteiger partial charge >= 0.3 is 6.18 Å². The minimum absolute atomic E-state index is 0.190. The third-order valence-electron chi connectivity index (χ3n) is 3.65. The van der Waals surface area contributed by atoms with Crippen molar-refractivity contribution in [2.75, 3.05) is 6.54 Å². The van der Waals surface area contributed by atoms with Gasteiger partial charge < -0.3 is 10.2 Å². The van der Waals surface area contributed by atoms with Gasteiger partial charge in [-0.2, -0.15) is 13.2 Å². The molecule has 1 rings (SSSR count). The van der Waals surface area contributed by atoms with Gasteiger partial charge in [-0.1, -0.05) is 33.6 Å². The zero-order valence-corrected chi connectivity index (χ0v) is 12.0. The van der Waals surface area contributed by atoms with Gasteiger partial charge in [0.2, 0.25) is 11.8 Å². The van der Waals surface area contributed by atoms with E-state index in [-0.39, 0.29) is 12.3 Å². The first kappa shape index (κ1) is 16.8. The summed E-state index contributed by atoms with van der Waals surface area (Å²) in [6, 6.07) is -1.88. The number of halogens is 3. The predicted octanol–water partition coefficient (Wildman–Crippen LogP) is 2.09. The molecule has 1 aliphatic heterocycles. The Morgan fingerprint density at radius 3 is 2.35 bits per heavy atom. The van der Waals surface area contributed by atoms with Crippen LogP contribution in [0.25, 0.3) is 0 Å². The summed E-state index contributed by atoms with van der Waals surface area (Å²) in [6.45, 7) is 3.98. The van der Waals surface area contributed by atoms with Crippen LogP contribution in [0.3, 0.4) is 0 Å². The first-order valence-corrected chi connectivity index (χ1v) is 6.88. The van der Waals surface area contributed by atoms with Crippen LogP contribution in [-0.2, 0) is 9.59 Å². The van der Waals surface area contributed by atoms with E-state index < -0.39 is 36.6 Å². The normalized spacial score (nSPS) is 25.6. The molecule has 1 N–H and O–H groups in total. The third kappa shape index (κ3) is 3.86. The smallest absolute Gasteiger partial charge is 0.342 e. The number of rotatable bonds is 5. The first-order chi connectivity index (χ1) is 9.21. The summed E-state index contributed by atoms with van der Waals surface area (Å²) in [5.41, 5.74) is 0. The Hall–Kier alpha value is -1.27. The molecule has 4 nitrogen and oxygen atoms in total. The van der Waals surface area contributed by atoms with Crippen molar-refractivity contribution >= 4 is 11.8 Å². The highest BCUT2D eigenvalue weighted by Gasteiger charge is 2.46. The van der Waals surface area contributed by atoms with E-state index in [1.807, 2.05) is 6.92 Å². The van der Waals surface area contributed by atoms with Crippen LogP contribution >= 0.6 is 0 Å². The summed E-state index contributed by atoms with van der Waals surface area (Å²) in [7, 11) is 0. The van der Waals surface area contributed by atoms with Crippen LogP contribution in [-0.4, -0.2) is 41.5 Å². The van der Waals surface area contributed by atoms with Crippen LogP contribution < -0.4 is 5.32 Å². The van der Waals surface area contributed by atoms with Gasteiger partial charge in [0.05, 0.1) is 0 Å². The zero-order chi connectivity index (χ0) is 15.5.